The smallest absolute Gasteiger partial charge is 0.143 e. The third-order valence-corrected chi connectivity index (χ3v) is 3.32. The van der Waals surface area contributed by atoms with Gasteiger partial charge < -0.3 is 4.84 Å². The minimum absolute atomic E-state index is 0.238. The first kappa shape index (κ1) is 14.4. The van der Waals surface area contributed by atoms with Gasteiger partial charge in [0.1, 0.15) is 6.61 Å². The van der Waals surface area contributed by atoms with Gasteiger partial charge in [0.05, 0.1) is 27.9 Å². The highest BCUT2D eigenvalue weighted by molar-refractivity contribution is 6.42. The molecule has 0 bridgehead atoms. The molecule has 20 heavy (non-hydrogen) atoms. The Balaban J connectivity index is 1.97. The van der Waals surface area contributed by atoms with Crippen LogP contribution in [-0.4, -0.2) is 6.21 Å². The third kappa shape index (κ3) is 3.74. The van der Waals surface area contributed by atoms with Gasteiger partial charge in [-0.2, -0.15) is 5.26 Å². The molecule has 2 aromatic rings. The van der Waals surface area contributed by atoms with Gasteiger partial charge in [-0.25, -0.2) is 0 Å². The third-order valence-electron chi connectivity index (χ3n) is 2.58. The SMILES string of the molecule is N#Cc1ccccc1CO/N=C\c1ccc(Cl)c(Cl)c1. The zero-order valence-electron chi connectivity index (χ0n) is 10.4. The van der Waals surface area contributed by atoms with Crippen LogP contribution in [0, 0.1) is 11.3 Å². The van der Waals surface area contributed by atoms with E-state index in [1.165, 1.54) is 6.21 Å². The summed E-state index contributed by atoms with van der Waals surface area (Å²) in [6.07, 6.45) is 1.54. The molecule has 0 radical (unpaired) electrons. The van der Waals surface area contributed by atoms with Gasteiger partial charge in [-0.1, -0.05) is 52.6 Å². The van der Waals surface area contributed by atoms with Gasteiger partial charge in [0, 0.05) is 5.56 Å². The van der Waals surface area contributed by atoms with Crippen molar-refractivity contribution < 1.29 is 4.84 Å². The summed E-state index contributed by atoms with van der Waals surface area (Å²) in [4.78, 5) is 5.18. The molecule has 0 atom stereocenters. The summed E-state index contributed by atoms with van der Waals surface area (Å²) in [6, 6.07) is 14.5. The summed E-state index contributed by atoms with van der Waals surface area (Å²) in [7, 11) is 0. The van der Waals surface area contributed by atoms with Crippen molar-refractivity contribution in [3.8, 4) is 6.07 Å². The fraction of sp³-hybridized carbons (Fsp3) is 0.0667. The van der Waals surface area contributed by atoms with Gasteiger partial charge in [-0.05, 0) is 23.8 Å². The molecular weight excluding hydrogens is 295 g/mol. The van der Waals surface area contributed by atoms with Crippen LogP contribution in [0.3, 0.4) is 0 Å². The molecule has 0 saturated carbocycles. The number of halogens is 2. The van der Waals surface area contributed by atoms with E-state index in [9.17, 15) is 0 Å². The van der Waals surface area contributed by atoms with Gasteiger partial charge >= 0.3 is 0 Å². The highest BCUT2D eigenvalue weighted by atomic mass is 35.5. The number of nitrogens with zero attached hydrogens (tertiary/aromatic N) is 2. The number of rotatable bonds is 4. The molecule has 0 unspecified atom stereocenters. The summed E-state index contributed by atoms with van der Waals surface area (Å²) in [6.45, 7) is 0.238. The summed E-state index contributed by atoms with van der Waals surface area (Å²) in [5.74, 6) is 0. The van der Waals surface area contributed by atoms with Crippen LogP contribution in [0.4, 0.5) is 0 Å². The summed E-state index contributed by atoms with van der Waals surface area (Å²) >= 11 is 11.7. The first-order valence-corrected chi connectivity index (χ1v) is 6.54. The standard InChI is InChI=1S/C15H10Cl2N2O/c16-14-6-5-11(7-15(14)17)9-19-20-10-13-4-2-1-3-12(13)8-18/h1-7,9H,10H2/b19-9-. The first-order valence-electron chi connectivity index (χ1n) is 5.79. The molecule has 2 aromatic carbocycles. The number of benzene rings is 2. The Kier molecular flexibility index (Phi) is 5.00. The predicted molar refractivity (Wildman–Crippen MR) is 80.0 cm³/mol. The van der Waals surface area contributed by atoms with Crippen LogP contribution in [0.15, 0.2) is 47.6 Å². The maximum absolute atomic E-state index is 8.94. The second kappa shape index (κ2) is 6.95. The maximum atomic E-state index is 8.94. The van der Waals surface area contributed by atoms with Crippen LogP contribution in [0.25, 0.3) is 0 Å². The molecule has 0 aliphatic carbocycles. The fourth-order valence-corrected chi connectivity index (χ4v) is 1.86. The Hall–Kier alpha value is -2.02. The zero-order chi connectivity index (χ0) is 14.4. The van der Waals surface area contributed by atoms with E-state index in [0.717, 1.165) is 11.1 Å². The van der Waals surface area contributed by atoms with Crippen LogP contribution in [0.5, 0.6) is 0 Å². The van der Waals surface area contributed by atoms with E-state index >= 15 is 0 Å². The quantitative estimate of drug-likeness (QED) is 0.620. The van der Waals surface area contributed by atoms with Crippen LogP contribution in [-0.2, 0) is 11.4 Å². The van der Waals surface area contributed by atoms with Crippen LogP contribution in [0.2, 0.25) is 10.0 Å². The molecule has 100 valence electrons. The van der Waals surface area contributed by atoms with Crippen molar-refractivity contribution >= 4 is 29.4 Å². The van der Waals surface area contributed by atoms with Gasteiger partial charge in [0.2, 0.25) is 0 Å². The molecule has 0 amide bonds. The Morgan fingerprint density at radius 1 is 1.15 bits per heavy atom. The van der Waals surface area contributed by atoms with Crippen molar-refractivity contribution in [1.82, 2.24) is 0 Å². The molecule has 3 nitrogen and oxygen atoms in total. The molecule has 2 rings (SSSR count). The largest absolute Gasteiger partial charge is 0.391 e. The van der Waals surface area contributed by atoms with Crippen molar-refractivity contribution in [1.29, 1.82) is 5.26 Å². The van der Waals surface area contributed by atoms with Crippen molar-refractivity contribution in [2.24, 2.45) is 5.16 Å². The normalized spacial score (nSPS) is 10.4. The van der Waals surface area contributed by atoms with E-state index in [-0.39, 0.29) is 6.61 Å². The molecule has 5 heteroatoms. The van der Waals surface area contributed by atoms with Gasteiger partial charge in [0.15, 0.2) is 0 Å². The van der Waals surface area contributed by atoms with E-state index in [1.807, 2.05) is 12.1 Å². The Bertz CT molecular complexity index is 678. The molecular formula is C15H10Cl2N2O. The number of hydrogen-bond acceptors (Lipinski definition) is 3. The average molecular weight is 305 g/mol. The predicted octanol–water partition coefficient (Wildman–Crippen LogP) is 4.42. The van der Waals surface area contributed by atoms with E-state index in [1.54, 1.807) is 30.3 Å². The highest BCUT2D eigenvalue weighted by Gasteiger charge is 2.00. The minimum Gasteiger partial charge on any atom is -0.391 e. The second-order valence-electron chi connectivity index (χ2n) is 3.95. The van der Waals surface area contributed by atoms with Crippen molar-refractivity contribution in [3.63, 3.8) is 0 Å². The molecule has 0 aliphatic rings. The molecule has 0 aromatic heterocycles. The van der Waals surface area contributed by atoms with E-state index in [4.69, 9.17) is 33.3 Å². The second-order valence-corrected chi connectivity index (χ2v) is 4.76. The zero-order valence-corrected chi connectivity index (χ0v) is 11.9. The van der Waals surface area contributed by atoms with E-state index in [0.29, 0.717) is 15.6 Å². The van der Waals surface area contributed by atoms with Gasteiger partial charge in [-0.3, -0.25) is 0 Å². The number of nitriles is 1. The summed E-state index contributed by atoms with van der Waals surface area (Å²) in [5, 5.41) is 13.7. The van der Waals surface area contributed by atoms with Crippen LogP contribution >= 0.6 is 23.2 Å². The first-order chi connectivity index (χ1) is 9.70. The molecule has 0 N–H and O–H groups in total. The maximum Gasteiger partial charge on any atom is 0.143 e. The van der Waals surface area contributed by atoms with Gasteiger partial charge in [-0.15, -0.1) is 0 Å². The molecule has 0 heterocycles. The molecule has 0 fully saturated rings. The average Bonchev–Trinajstić information content (AvgIpc) is 2.47. The molecule has 0 saturated heterocycles. The lowest BCUT2D eigenvalue weighted by atomic mass is 10.1. The lowest BCUT2D eigenvalue weighted by molar-refractivity contribution is 0.132. The van der Waals surface area contributed by atoms with E-state index in [2.05, 4.69) is 11.2 Å². The van der Waals surface area contributed by atoms with Crippen molar-refractivity contribution in [3.05, 3.63) is 69.2 Å². The summed E-state index contributed by atoms with van der Waals surface area (Å²) in [5.41, 5.74) is 2.16. The Morgan fingerprint density at radius 2 is 1.95 bits per heavy atom. The number of hydrogen-bond donors (Lipinski definition) is 0. The summed E-state index contributed by atoms with van der Waals surface area (Å²) < 4.78 is 0. The number of oxime groups is 1. The van der Waals surface area contributed by atoms with Gasteiger partial charge in [0.25, 0.3) is 0 Å². The lowest BCUT2D eigenvalue weighted by Crippen LogP contribution is -1.92. The minimum atomic E-state index is 0.238. The highest BCUT2D eigenvalue weighted by Crippen LogP contribution is 2.21. The Labute approximate surface area is 127 Å². The monoisotopic (exact) mass is 304 g/mol. The Morgan fingerprint density at radius 3 is 2.70 bits per heavy atom. The fourth-order valence-electron chi connectivity index (χ4n) is 1.55. The lowest BCUT2D eigenvalue weighted by Gasteiger charge is -2.02. The van der Waals surface area contributed by atoms with E-state index < -0.39 is 0 Å². The van der Waals surface area contributed by atoms with Crippen molar-refractivity contribution in [2.45, 2.75) is 6.61 Å². The molecule has 0 aliphatic heterocycles. The van der Waals surface area contributed by atoms with Crippen LogP contribution < -0.4 is 0 Å². The van der Waals surface area contributed by atoms with Crippen molar-refractivity contribution in [2.75, 3.05) is 0 Å². The molecule has 0 spiro atoms. The topological polar surface area (TPSA) is 45.4 Å². The van der Waals surface area contributed by atoms with Crippen LogP contribution in [0.1, 0.15) is 16.7 Å².